The van der Waals surface area contributed by atoms with Crippen LogP contribution < -0.4 is 0 Å². The Morgan fingerprint density at radius 3 is 1.12 bits per heavy atom. The molecule has 0 rings (SSSR count). The molecule has 0 aromatic rings. The van der Waals surface area contributed by atoms with Crippen LogP contribution in [-0.4, -0.2) is 17.3 Å². The summed E-state index contributed by atoms with van der Waals surface area (Å²) in [5, 5.41) is 0. The van der Waals surface area contributed by atoms with Crippen LogP contribution in [0, 0.1) is 10.8 Å². The Hall–Kier alpha value is -0.990. The Bertz CT molecular complexity index is 270. The molecule has 3 heteroatoms. The van der Waals surface area contributed by atoms with Gasteiger partial charge in [-0.25, -0.2) is 0 Å². The van der Waals surface area contributed by atoms with Gasteiger partial charge in [0.1, 0.15) is 17.3 Å². The number of Topliss-reactive ketones (excluding diaryl/α,β-unsaturated/α-hetero) is 3. The molecule has 92 valence electrons. The molecule has 0 radical (unpaired) electrons. The van der Waals surface area contributed by atoms with Crippen LogP contribution in [0.1, 0.15) is 54.4 Å². The zero-order valence-electron chi connectivity index (χ0n) is 11.1. The minimum atomic E-state index is -0.513. The molecule has 16 heavy (non-hydrogen) atoms. The highest BCUT2D eigenvalue weighted by molar-refractivity contribution is 6.09. The normalized spacial score (nSPS) is 12.4. The molecule has 0 fully saturated rings. The maximum atomic E-state index is 11.6. The molecule has 0 aliphatic carbocycles. The van der Waals surface area contributed by atoms with E-state index in [9.17, 15) is 14.4 Å². The van der Waals surface area contributed by atoms with Gasteiger partial charge < -0.3 is 0 Å². The molecule has 0 bridgehead atoms. The zero-order chi connectivity index (χ0) is 13.1. The van der Waals surface area contributed by atoms with Crippen molar-refractivity contribution in [2.75, 3.05) is 0 Å². The number of rotatable bonds is 4. The average molecular weight is 226 g/mol. The summed E-state index contributed by atoms with van der Waals surface area (Å²) < 4.78 is 0. The third-order valence-corrected chi connectivity index (χ3v) is 2.39. The summed E-state index contributed by atoms with van der Waals surface area (Å²) in [6.45, 7) is 10.6. The molecule has 0 aromatic carbocycles. The van der Waals surface area contributed by atoms with Gasteiger partial charge in [-0.1, -0.05) is 41.5 Å². The summed E-state index contributed by atoms with van der Waals surface area (Å²) in [5.41, 5.74) is -1.03. The number of hydrogen-bond donors (Lipinski definition) is 0. The minimum Gasteiger partial charge on any atom is -0.299 e. The fourth-order valence-corrected chi connectivity index (χ4v) is 0.951. The molecule has 0 aromatic heterocycles. The van der Waals surface area contributed by atoms with Crippen molar-refractivity contribution in [1.29, 1.82) is 0 Å². The minimum absolute atomic E-state index is 0.112. The molecule has 0 unspecified atom stereocenters. The molecule has 0 saturated carbocycles. The lowest BCUT2D eigenvalue weighted by Gasteiger charge is -2.18. The molecule has 0 amide bonds. The van der Waals surface area contributed by atoms with Crippen molar-refractivity contribution in [3.8, 4) is 0 Å². The van der Waals surface area contributed by atoms with Gasteiger partial charge in [0.25, 0.3) is 0 Å². The van der Waals surface area contributed by atoms with Crippen LogP contribution in [0.15, 0.2) is 0 Å². The van der Waals surface area contributed by atoms with Gasteiger partial charge in [-0.05, 0) is 0 Å². The SMILES string of the molecule is CC(C)(C)C(=O)CC(=O)CC(=O)C(C)(C)C. The molecule has 0 aliphatic heterocycles. The molecule has 0 atom stereocenters. The maximum absolute atomic E-state index is 11.6. The number of hydrogen-bond acceptors (Lipinski definition) is 3. The topological polar surface area (TPSA) is 51.2 Å². The molecule has 3 nitrogen and oxygen atoms in total. The smallest absolute Gasteiger partial charge is 0.147 e. The molecule has 0 heterocycles. The van der Waals surface area contributed by atoms with E-state index in [1.54, 1.807) is 41.5 Å². The van der Waals surface area contributed by atoms with E-state index < -0.39 is 10.8 Å². The summed E-state index contributed by atoms with van der Waals surface area (Å²) in [6, 6.07) is 0. The molecule has 0 aliphatic rings. The zero-order valence-corrected chi connectivity index (χ0v) is 11.1. The highest BCUT2D eigenvalue weighted by Crippen LogP contribution is 2.20. The molecule has 0 spiro atoms. The van der Waals surface area contributed by atoms with Crippen molar-refractivity contribution in [2.45, 2.75) is 54.4 Å². The molecule has 0 saturated heterocycles. The van der Waals surface area contributed by atoms with Gasteiger partial charge >= 0.3 is 0 Å². The standard InChI is InChI=1S/C13H22O3/c1-12(2,3)10(15)7-9(14)8-11(16)13(4,5)6/h7-8H2,1-6H3. The van der Waals surface area contributed by atoms with Gasteiger partial charge in [-0.15, -0.1) is 0 Å². The van der Waals surface area contributed by atoms with E-state index in [0.29, 0.717) is 0 Å². The Morgan fingerprint density at radius 1 is 0.688 bits per heavy atom. The van der Waals surface area contributed by atoms with Gasteiger partial charge in [-0.3, -0.25) is 14.4 Å². The van der Waals surface area contributed by atoms with Crippen LogP contribution >= 0.6 is 0 Å². The summed E-state index contributed by atoms with van der Waals surface area (Å²) >= 11 is 0. The number of ketones is 3. The lowest BCUT2D eigenvalue weighted by molar-refractivity contribution is -0.135. The highest BCUT2D eigenvalue weighted by atomic mass is 16.2. The van der Waals surface area contributed by atoms with E-state index >= 15 is 0 Å². The van der Waals surface area contributed by atoms with Crippen LogP contribution in [0.2, 0.25) is 0 Å². The largest absolute Gasteiger partial charge is 0.299 e. The predicted molar refractivity (Wildman–Crippen MR) is 63.2 cm³/mol. The first-order valence-corrected chi connectivity index (χ1v) is 5.53. The molecular weight excluding hydrogens is 204 g/mol. The van der Waals surface area contributed by atoms with Crippen molar-refractivity contribution >= 4 is 17.3 Å². The van der Waals surface area contributed by atoms with Crippen molar-refractivity contribution in [2.24, 2.45) is 10.8 Å². The van der Waals surface area contributed by atoms with Crippen molar-refractivity contribution < 1.29 is 14.4 Å². The lowest BCUT2D eigenvalue weighted by atomic mass is 9.84. The van der Waals surface area contributed by atoms with Crippen molar-refractivity contribution in [3.05, 3.63) is 0 Å². The van der Waals surface area contributed by atoms with Crippen LogP contribution in [0.25, 0.3) is 0 Å². The third kappa shape index (κ3) is 5.19. The van der Waals surface area contributed by atoms with Gasteiger partial charge in [-0.2, -0.15) is 0 Å². The lowest BCUT2D eigenvalue weighted by Crippen LogP contribution is -2.27. The fraction of sp³-hybridized carbons (Fsp3) is 0.769. The van der Waals surface area contributed by atoms with Crippen molar-refractivity contribution in [1.82, 2.24) is 0 Å². The summed E-state index contributed by atoms with van der Waals surface area (Å²) in [5.74, 6) is -0.502. The highest BCUT2D eigenvalue weighted by Gasteiger charge is 2.27. The first-order chi connectivity index (χ1) is 6.94. The number of carbonyl (C=O) groups is 3. The van der Waals surface area contributed by atoms with Crippen LogP contribution in [0.5, 0.6) is 0 Å². The second-order valence-electron chi connectivity index (χ2n) is 6.24. The average Bonchev–Trinajstić information content (AvgIpc) is 1.99. The Balaban J connectivity index is 4.32. The van der Waals surface area contributed by atoms with Crippen molar-refractivity contribution in [3.63, 3.8) is 0 Å². The Labute approximate surface area is 97.6 Å². The maximum Gasteiger partial charge on any atom is 0.147 e. The summed E-state index contributed by atoms with van der Waals surface area (Å²) in [4.78, 5) is 34.7. The monoisotopic (exact) mass is 226 g/mol. The molecular formula is C13H22O3. The van der Waals surface area contributed by atoms with Crippen LogP contribution in [0.3, 0.4) is 0 Å². The van der Waals surface area contributed by atoms with E-state index in [4.69, 9.17) is 0 Å². The second-order valence-corrected chi connectivity index (χ2v) is 6.24. The van der Waals surface area contributed by atoms with E-state index in [2.05, 4.69) is 0 Å². The van der Waals surface area contributed by atoms with Gasteiger partial charge in [0.05, 0.1) is 12.8 Å². The van der Waals surface area contributed by atoms with E-state index in [1.165, 1.54) is 0 Å². The van der Waals surface area contributed by atoms with E-state index in [1.807, 2.05) is 0 Å². The van der Waals surface area contributed by atoms with Crippen LogP contribution in [0.4, 0.5) is 0 Å². The van der Waals surface area contributed by atoms with Gasteiger partial charge in [0.15, 0.2) is 0 Å². The first kappa shape index (κ1) is 15.0. The summed E-state index contributed by atoms with van der Waals surface area (Å²) in [7, 11) is 0. The first-order valence-electron chi connectivity index (χ1n) is 5.53. The molecule has 0 N–H and O–H groups in total. The van der Waals surface area contributed by atoms with Gasteiger partial charge in [0.2, 0.25) is 0 Å². The summed E-state index contributed by atoms with van der Waals surface area (Å²) in [6.07, 6.45) is -0.267. The van der Waals surface area contributed by atoms with Crippen LogP contribution in [-0.2, 0) is 14.4 Å². The van der Waals surface area contributed by atoms with Gasteiger partial charge in [0, 0.05) is 10.8 Å². The fourth-order valence-electron chi connectivity index (χ4n) is 0.951. The third-order valence-electron chi connectivity index (χ3n) is 2.39. The van der Waals surface area contributed by atoms with E-state index in [0.717, 1.165) is 0 Å². The Kier molecular flexibility index (Phi) is 4.59. The predicted octanol–water partition coefficient (Wildman–Crippen LogP) is 2.57. The second kappa shape index (κ2) is 4.89. The number of carbonyl (C=O) groups excluding carboxylic acids is 3. The van der Waals surface area contributed by atoms with E-state index in [-0.39, 0.29) is 30.2 Å². The Morgan fingerprint density at radius 2 is 0.938 bits per heavy atom. The quantitative estimate of drug-likeness (QED) is 0.692.